The molecule has 3 aromatic carbocycles. The summed E-state index contributed by atoms with van der Waals surface area (Å²) in [6.45, 7) is -0.221. The highest BCUT2D eigenvalue weighted by molar-refractivity contribution is 7.89. The molecule has 174 valence electrons. The van der Waals surface area contributed by atoms with Crippen molar-refractivity contribution in [3.05, 3.63) is 109 Å². The van der Waals surface area contributed by atoms with Crippen molar-refractivity contribution in [2.24, 2.45) is 0 Å². The number of benzene rings is 3. The first-order valence-corrected chi connectivity index (χ1v) is 13.0. The highest BCUT2D eigenvalue weighted by Crippen LogP contribution is 2.31. The summed E-state index contributed by atoms with van der Waals surface area (Å²) in [5.74, 6) is -0.295. The number of sulfonamides is 1. The van der Waals surface area contributed by atoms with Crippen LogP contribution in [0.4, 0.5) is 0 Å². The lowest BCUT2D eigenvalue weighted by Gasteiger charge is -2.29. The van der Waals surface area contributed by atoms with Crippen LogP contribution in [0.15, 0.2) is 82.8 Å². The first-order valence-electron chi connectivity index (χ1n) is 10.1. The zero-order chi connectivity index (χ0) is 24.5. The van der Waals surface area contributed by atoms with E-state index in [2.05, 4.69) is 0 Å². The lowest BCUT2D eigenvalue weighted by molar-refractivity contribution is -0.113. The predicted molar refractivity (Wildman–Crippen MR) is 139 cm³/mol. The van der Waals surface area contributed by atoms with E-state index in [1.54, 1.807) is 66.7 Å². The third kappa shape index (κ3) is 5.41. The lowest BCUT2D eigenvalue weighted by atomic mass is 9.95. The van der Waals surface area contributed by atoms with E-state index < -0.39 is 10.0 Å². The molecule has 4 rings (SSSR count). The average molecular weight is 553 g/mol. The van der Waals surface area contributed by atoms with Gasteiger partial charge in [0, 0.05) is 44.3 Å². The smallest absolute Gasteiger partial charge is 0.243 e. The maximum absolute atomic E-state index is 13.4. The van der Waals surface area contributed by atoms with E-state index >= 15 is 0 Å². The first kappa shape index (κ1) is 25.0. The van der Waals surface area contributed by atoms with Crippen molar-refractivity contribution in [3.8, 4) is 0 Å². The molecule has 1 saturated heterocycles. The fourth-order valence-corrected chi connectivity index (χ4v) is 5.88. The number of halogens is 4. The molecular weight excluding hydrogens is 536 g/mol. The molecule has 3 aromatic rings. The average Bonchev–Trinajstić information content (AvgIpc) is 2.80. The molecule has 0 aromatic heterocycles. The predicted octanol–water partition coefficient (Wildman–Crippen LogP) is 7.04. The van der Waals surface area contributed by atoms with Crippen molar-refractivity contribution >= 4 is 74.4 Å². The maximum Gasteiger partial charge on any atom is 0.243 e. The van der Waals surface area contributed by atoms with Crippen LogP contribution in [-0.2, 0) is 14.8 Å². The largest absolute Gasteiger partial charge is 0.289 e. The number of carbonyl (C=O) groups excluding carboxylic acids is 1. The van der Waals surface area contributed by atoms with Gasteiger partial charge in [-0.25, -0.2) is 8.42 Å². The molecule has 1 aliphatic heterocycles. The van der Waals surface area contributed by atoms with Gasteiger partial charge in [0.05, 0.1) is 4.90 Å². The Morgan fingerprint density at radius 3 is 1.62 bits per heavy atom. The van der Waals surface area contributed by atoms with Gasteiger partial charge in [0.15, 0.2) is 5.78 Å². The zero-order valence-corrected chi connectivity index (χ0v) is 21.4. The molecule has 9 heteroatoms. The van der Waals surface area contributed by atoms with E-state index in [9.17, 15) is 13.2 Å². The van der Waals surface area contributed by atoms with E-state index in [0.717, 1.165) is 0 Å². The second-order valence-corrected chi connectivity index (χ2v) is 11.2. The van der Waals surface area contributed by atoms with E-state index in [1.807, 2.05) is 0 Å². The molecule has 0 amide bonds. The molecular formula is C25H17Cl4NO3S. The second kappa shape index (κ2) is 10.2. The fraction of sp³-hybridized carbons (Fsp3) is 0.0800. The Morgan fingerprint density at radius 1 is 0.706 bits per heavy atom. The number of piperidine rings is 1. The molecule has 0 saturated carbocycles. The molecule has 0 spiro atoms. The Labute approximate surface area is 218 Å². The van der Waals surface area contributed by atoms with Gasteiger partial charge >= 0.3 is 0 Å². The number of Topliss-reactive ketones (excluding diaryl/α,β-unsaturated/α-hetero) is 1. The topological polar surface area (TPSA) is 54.5 Å². The number of nitrogens with zero attached hydrogens (tertiary/aromatic N) is 1. The summed E-state index contributed by atoms with van der Waals surface area (Å²) in [7, 11) is -3.88. The van der Waals surface area contributed by atoms with Crippen LogP contribution in [0.25, 0.3) is 12.2 Å². The van der Waals surface area contributed by atoms with Crippen LogP contribution in [0.1, 0.15) is 11.1 Å². The van der Waals surface area contributed by atoms with Gasteiger partial charge in [-0.1, -0.05) is 76.7 Å². The van der Waals surface area contributed by atoms with Crippen molar-refractivity contribution in [2.75, 3.05) is 13.1 Å². The van der Waals surface area contributed by atoms with Gasteiger partial charge in [0.25, 0.3) is 0 Å². The normalized spacial score (nSPS) is 17.5. The zero-order valence-electron chi connectivity index (χ0n) is 17.5. The SMILES string of the molecule is O=C1/C(=C\c2ccc(Cl)cc2Cl)CN(S(=O)(=O)c2ccccc2)C/C1=C/c1ccc(Cl)cc1Cl. The van der Waals surface area contributed by atoms with E-state index in [1.165, 1.54) is 16.4 Å². The summed E-state index contributed by atoms with van der Waals surface area (Å²) in [6, 6.07) is 17.8. The quantitative estimate of drug-likeness (QED) is 0.326. The molecule has 0 N–H and O–H groups in total. The number of carbonyl (C=O) groups is 1. The molecule has 0 aliphatic carbocycles. The van der Waals surface area contributed by atoms with Crippen LogP contribution in [0, 0.1) is 0 Å². The first-order chi connectivity index (χ1) is 16.1. The lowest BCUT2D eigenvalue weighted by Crippen LogP contribution is -2.41. The summed E-state index contributed by atoms with van der Waals surface area (Å²) in [5, 5.41) is 1.60. The molecule has 0 atom stereocenters. The Balaban J connectivity index is 1.82. The minimum Gasteiger partial charge on any atom is -0.289 e. The maximum atomic E-state index is 13.4. The standard InChI is InChI=1S/C25H17Cl4NO3S/c26-20-8-6-16(23(28)12-20)10-18-14-30(34(32,33)22-4-2-1-3-5-22)15-19(25(18)31)11-17-7-9-21(27)13-24(17)29/h1-13H,14-15H2/b18-10-,19-11-. The van der Waals surface area contributed by atoms with Crippen molar-refractivity contribution in [2.45, 2.75) is 4.90 Å². The Morgan fingerprint density at radius 2 is 1.18 bits per heavy atom. The highest BCUT2D eigenvalue weighted by Gasteiger charge is 2.34. The van der Waals surface area contributed by atoms with Crippen LogP contribution in [-0.4, -0.2) is 31.6 Å². The highest BCUT2D eigenvalue weighted by atomic mass is 35.5. The van der Waals surface area contributed by atoms with Gasteiger partial charge < -0.3 is 0 Å². The molecule has 1 fully saturated rings. The van der Waals surface area contributed by atoms with Crippen LogP contribution in [0.3, 0.4) is 0 Å². The molecule has 0 radical (unpaired) electrons. The molecule has 1 aliphatic rings. The summed E-state index contributed by atoms with van der Waals surface area (Å²) < 4.78 is 28.0. The van der Waals surface area contributed by atoms with Gasteiger partial charge in [-0.15, -0.1) is 0 Å². The number of rotatable bonds is 4. The third-order valence-corrected chi connectivity index (χ3v) is 8.17. The Bertz CT molecular complexity index is 1360. The molecule has 1 heterocycles. The molecule has 0 bridgehead atoms. The van der Waals surface area contributed by atoms with Gasteiger partial charge in [0.1, 0.15) is 0 Å². The van der Waals surface area contributed by atoms with Crippen LogP contribution < -0.4 is 0 Å². The summed E-state index contributed by atoms with van der Waals surface area (Å²) in [6.07, 6.45) is 3.18. The Hall–Kier alpha value is -2.12. The van der Waals surface area contributed by atoms with Crippen molar-refractivity contribution in [3.63, 3.8) is 0 Å². The third-order valence-electron chi connectivity index (χ3n) is 5.24. The van der Waals surface area contributed by atoms with Gasteiger partial charge in [-0.3, -0.25) is 4.79 Å². The van der Waals surface area contributed by atoms with Crippen molar-refractivity contribution in [1.82, 2.24) is 4.31 Å². The monoisotopic (exact) mass is 551 g/mol. The van der Waals surface area contributed by atoms with Gasteiger partial charge in [-0.05, 0) is 59.7 Å². The number of hydrogen-bond donors (Lipinski definition) is 0. The summed E-state index contributed by atoms with van der Waals surface area (Å²) in [5.41, 5.74) is 1.65. The Kier molecular flexibility index (Phi) is 7.53. The number of hydrogen-bond acceptors (Lipinski definition) is 3. The molecule has 34 heavy (non-hydrogen) atoms. The number of ketones is 1. The minimum atomic E-state index is -3.88. The summed E-state index contributed by atoms with van der Waals surface area (Å²) >= 11 is 24.6. The molecule has 4 nitrogen and oxygen atoms in total. The van der Waals surface area contributed by atoms with Crippen LogP contribution in [0.2, 0.25) is 20.1 Å². The van der Waals surface area contributed by atoms with E-state index in [-0.39, 0.29) is 34.9 Å². The fourth-order valence-electron chi connectivity index (χ4n) is 3.53. The minimum absolute atomic E-state index is 0.110. The summed E-state index contributed by atoms with van der Waals surface area (Å²) in [4.78, 5) is 13.5. The van der Waals surface area contributed by atoms with Crippen molar-refractivity contribution in [1.29, 1.82) is 0 Å². The van der Waals surface area contributed by atoms with Gasteiger partial charge in [0.2, 0.25) is 10.0 Å². The molecule has 0 unspecified atom stereocenters. The van der Waals surface area contributed by atoms with Crippen LogP contribution in [0.5, 0.6) is 0 Å². The van der Waals surface area contributed by atoms with E-state index in [4.69, 9.17) is 46.4 Å². The second-order valence-electron chi connectivity index (χ2n) is 7.59. The van der Waals surface area contributed by atoms with Gasteiger partial charge in [-0.2, -0.15) is 4.31 Å². The van der Waals surface area contributed by atoms with Crippen LogP contribution >= 0.6 is 46.4 Å². The van der Waals surface area contributed by atoms with Crippen molar-refractivity contribution < 1.29 is 13.2 Å². The van der Waals surface area contributed by atoms with E-state index in [0.29, 0.717) is 31.2 Å².